The molecular weight excluding hydrogens is 410 g/mol. The van der Waals surface area contributed by atoms with E-state index >= 15 is 0 Å². The molecule has 4 aromatic rings. The van der Waals surface area contributed by atoms with Crippen molar-refractivity contribution < 1.29 is 14.1 Å². The maximum Gasteiger partial charge on any atom is 0.268 e. The van der Waals surface area contributed by atoms with Crippen LogP contribution in [-0.2, 0) is 17.8 Å². The van der Waals surface area contributed by atoms with Gasteiger partial charge in [0.25, 0.3) is 11.8 Å². The Labute approximate surface area is 174 Å². The minimum Gasteiger partial charge on any atom is -0.376 e. The van der Waals surface area contributed by atoms with Crippen LogP contribution in [0.5, 0.6) is 0 Å². The first-order chi connectivity index (χ1) is 14.1. The molecule has 0 atom stereocenters. The lowest BCUT2D eigenvalue weighted by molar-refractivity contribution is 0.103. The van der Waals surface area contributed by atoms with Crippen LogP contribution >= 0.6 is 22.7 Å². The zero-order chi connectivity index (χ0) is 20.0. The van der Waals surface area contributed by atoms with Gasteiger partial charge in [-0.25, -0.2) is 4.98 Å². The van der Waals surface area contributed by atoms with Crippen molar-refractivity contribution >= 4 is 33.6 Å². The van der Waals surface area contributed by atoms with Gasteiger partial charge in [-0.2, -0.15) is 4.98 Å². The Hall–Kier alpha value is -2.82. The van der Waals surface area contributed by atoms with Crippen LogP contribution in [0.1, 0.15) is 31.6 Å². The summed E-state index contributed by atoms with van der Waals surface area (Å²) in [6.07, 6.45) is 4.56. The first-order valence-corrected chi connectivity index (χ1v) is 10.7. The van der Waals surface area contributed by atoms with E-state index in [1.807, 2.05) is 36.0 Å². The molecule has 0 spiro atoms. The normalized spacial score (nSPS) is 13.4. The summed E-state index contributed by atoms with van der Waals surface area (Å²) in [6.45, 7) is 4.77. The van der Waals surface area contributed by atoms with Gasteiger partial charge in [0.15, 0.2) is 11.0 Å². The fourth-order valence-electron chi connectivity index (χ4n) is 3.27. The van der Waals surface area contributed by atoms with Crippen molar-refractivity contribution in [3.63, 3.8) is 0 Å². The number of aromatic nitrogens is 4. The molecule has 1 amide bonds. The molecule has 148 valence electrons. The third kappa shape index (κ3) is 3.28. The number of carbonyl (C=O) groups is 1. The summed E-state index contributed by atoms with van der Waals surface area (Å²) in [7, 11) is 0. The van der Waals surface area contributed by atoms with E-state index in [1.165, 1.54) is 22.7 Å². The highest BCUT2D eigenvalue weighted by Gasteiger charge is 2.27. The lowest BCUT2D eigenvalue weighted by atomic mass is 10.1. The minimum absolute atomic E-state index is 0.199. The Morgan fingerprint density at radius 3 is 2.79 bits per heavy atom. The van der Waals surface area contributed by atoms with Crippen molar-refractivity contribution in [1.82, 2.24) is 19.7 Å². The highest BCUT2D eigenvalue weighted by molar-refractivity contribution is 7.18. The topological polar surface area (TPSA) is 95.1 Å². The molecule has 0 bridgehead atoms. The number of amides is 1. The number of rotatable bonds is 4. The zero-order valence-corrected chi connectivity index (χ0v) is 17.4. The number of thiazole rings is 1. The summed E-state index contributed by atoms with van der Waals surface area (Å²) >= 11 is 2.85. The second-order valence-corrected chi connectivity index (χ2v) is 8.70. The van der Waals surface area contributed by atoms with Crippen LogP contribution in [0.4, 0.5) is 5.00 Å². The number of carbonyl (C=O) groups excluding carboxylic acids is 1. The van der Waals surface area contributed by atoms with Gasteiger partial charge in [0.05, 0.1) is 24.5 Å². The average Bonchev–Trinajstić information content (AvgIpc) is 3.47. The zero-order valence-electron chi connectivity index (χ0n) is 15.8. The van der Waals surface area contributed by atoms with Crippen LogP contribution < -0.4 is 5.32 Å². The van der Waals surface area contributed by atoms with E-state index < -0.39 is 0 Å². The Kier molecular flexibility index (Phi) is 4.53. The molecule has 0 aliphatic carbocycles. The minimum atomic E-state index is -0.199. The smallest absolute Gasteiger partial charge is 0.268 e. The van der Waals surface area contributed by atoms with Gasteiger partial charge < -0.3 is 19.1 Å². The first kappa shape index (κ1) is 18.2. The quantitative estimate of drug-likeness (QED) is 0.529. The second kappa shape index (κ2) is 7.21. The molecule has 0 aromatic carbocycles. The Bertz CT molecular complexity index is 1190. The molecule has 0 saturated carbocycles. The Morgan fingerprint density at radius 2 is 2.03 bits per heavy atom. The van der Waals surface area contributed by atoms with Crippen LogP contribution in [0.15, 0.2) is 29.0 Å². The number of nitrogens with one attached hydrogen (secondary N) is 1. The molecule has 5 heterocycles. The predicted octanol–water partition coefficient (Wildman–Crippen LogP) is 3.99. The molecule has 8 nitrogen and oxygen atoms in total. The van der Waals surface area contributed by atoms with E-state index in [0.717, 1.165) is 27.6 Å². The monoisotopic (exact) mass is 427 g/mol. The lowest BCUT2D eigenvalue weighted by Crippen LogP contribution is -2.11. The number of anilines is 1. The van der Waals surface area contributed by atoms with Gasteiger partial charge in [0, 0.05) is 17.3 Å². The number of fused-ring (bicyclic) bond motifs is 1. The van der Waals surface area contributed by atoms with Gasteiger partial charge in [0.1, 0.15) is 9.88 Å². The van der Waals surface area contributed by atoms with Crippen LogP contribution in [0.2, 0.25) is 0 Å². The van der Waals surface area contributed by atoms with Crippen molar-refractivity contribution in [1.29, 1.82) is 0 Å². The van der Waals surface area contributed by atoms with Gasteiger partial charge in [-0.1, -0.05) is 16.5 Å². The molecule has 1 aliphatic heterocycles. The van der Waals surface area contributed by atoms with E-state index in [1.54, 1.807) is 6.92 Å². The predicted molar refractivity (Wildman–Crippen MR) is 110 cm³/mol. The summed E-state index contributed by atoms with van der Waals surface area (Å²) in [5.74, 6) is 0.778. The van der Waals surface area contributed by atoms with Crippen molar-refractivity contribution in [2.75, 3.05) is 11.9 Å². The third-order valence-electron chi connectivity index (χ3n) is 4.61. The molecule has 0 saturated heterocycles. The van der Waals surface area contributed by atoms with Gasteiger partial charge in [0.2, 0.25) is 0 Å². The second-order valence-electron chi connectivity index (χ2n) is 6.61. The van der Waals surface area contributed by atoms with E-state index in [2.05, 4.69) is 20.4 Å². The molecule has 29 heavy (non-hydrogen) atoms. The molecular formula is C19H17N5O3S2. The molecule has 0 fully saturated rings. The number of hydrogen-bond donors (Lipinski definition) is 1. The van der Waals surface area contributed by atoms with Crippen LogP contribution in [-0.4, -0.2) is 32.2 Å². The number of thiophene rings is 1. The van der Waals surface area contributed by atoms with E-state index in [-0.39, 0.29) is 5.91 Å². The summed E-state index contributed by atoms with van der Waals surface area (Å²) < 4.78 is 12.9. The molecule has 1 N–H and O–H groups in total. The van der Waals surface area contributed by atoms with Gasteiger partial charge in [-0.15, -0.1) is 11.3 Å². The summed E-state index contributed by atoms with van der Waals surface area (Å²) in [4.78, 5) is 23.6. The SMILES string of the molecule is Cc1noc(-c2c(NC(=O)c3sc(-n4cccc4)nc3C)sc3c2CCOC3)n1. The van der Waals surface area contributed by atoms with Gasteiger partial charge in [-0.05, 0) is 38.0 Å². The van der Waals surface area contributed by atoms with Gasteiger partial charge in [-0.3, -0.25) is 4.79 Å². The van der Waals surface area contributed by atoms with Gasteiger partial charge >= 0.3 is 0 Å². The molecule has 4 aromatic heterocycles. The lowest BCUT2D eigenvalue weighted by Gasteiger charge is -2.12. The van der Waals surface area contributed by atoms with Crippen molar-refractivity contribution in [2.45, 2.75) is 26.9 Å². The third-order valence-corrected chi connectivity index (χ3v) is 6.90. The van der Waals surface area contributed by atoms with Crippen molar-refractivity contribution in [2.24, 2.45) is 0 Å². The standard InChI is InChI=1S/C19H17N5O3S2/c1-10-15(29-19(20-10)24-6-3-4-7-24)16(25)22-18-14(17-21-11(2)23-27-17)12-5-8-26-9-13(12)28-18/h3-4,6-7H,5,8-9H2,1-2H3,(H,22,25). The van der Waals surface area contributed by atoms with Crippen LogP contribution in [0.25, 0.3) is 16.6 Å². The summed E-state index contributed by atoms with van der Waals surface area (Å²) in [5, 5.41) is 8.41. The molecule has 10 heteroatoms. The maximum atomic E-state index is 13.1. The number of hydrogen-bond acceptors (Lipinski definition) is 8. The maximum absolute atomic E-state index is 13.1. The van der Waals surface area contributed by atoms with E-state index in [0.29, 0.717) is 40.5 Å². The fourth-order valence-corrected chi connectivity index (χ4v) is 5.37. The average molecular weight is 428 g/mol. The van der Waals surface area contributed by atoms with Crippen molar-refractivity contribution in [3.05, 3.63) is 51.4 Å². The van der Waals surface area contributed by atoms with Crippen molar-refractivity contribution in [3.8, 4) is 16.6 Å². The van der Waals surface area contributed by atoms with Crippen LogP contribution in [0, 0.1) is 13.8 Å². The highest BCUT2D eigenvalue weighted by Crippen LogP contribution is 2.42. The Balaban J connectivity index is 1.51. The largest absolute Gasteiger partial charge is 0.376 e. The summed E-state index contributed by atoms with van der Waals surface area (Å²) in [5.41, 5.74) is 2.60. The summed E-state index contributed by atoms with van der Waals surface area (Å²) in [6, 6.07) is 3.85. The molecule has 1 aliphatic rings. The first-order valence-electron chi connectivity index (χ1n) is 9.05. The molecule has 0 unspecified atom stereocenters. The number of nitrogens with zero attached hydrogens (tertiary/aromatic N) is 4. The molecule has 5 rings (SSSR count). The highest BCUT2D eigenvalue weighted by atomic mass is 32.1. The number of aryl methyl sites for hydroxylation is 2. The fraction of sp³-hybridized carbons (Fsp3) is 0.263. The van der Waals surface area contributed by atoms with Crippen LogP contribution in [0.3, 0.4) is 0 Å². The van der Waals surface area contributed by atoms with E-state index in [9.17, 15) is 4.79 Å². The number of ether oxygens (including phenoxy) is 1. The Morgan fingerprint density at radius 1 is 1.21 bits per heavy atom. The van der Waals surface area contributed by atoms with E-state index in [4.69, 9.17) is 9.26 Å². The molecule has 0 radical (unpaired) electrons.